The van der Waals surface area contributed by atoms with Gasteiger partial charge in [0.05, 0.1) is 16.8 Å². The molecule has 0 bridgehead atoms. The van der Waals surface area contributed by atoms with E-state index in [1.54, 1.807) is 5.57 Å². The Morgan fingerprint density at radius 2 is 0.965 bits per heavy atom. The van der Waals surface area contributed by atoms with Crippen molar-refractivity contribution in [2.45, 2.75) is 57.3 Å². The SMILES string of the molecule is CC1CC=CC2=C1C(C)(C)c1cc(N(c3cccc4c3-c3ccccc3C4(C)C)c3cccc4c3-c3ccccc3C43c4ccccc4-c4ccccc43)ccc12. The smallest absolute Gasteiger partial charge is 0.0726 e. The van der Waals surface area contributed by atoms with Crippen molar-refractivity contribution in [2.24, 2.45) is 5.92 Å². The minimum Gasteiger partial charge on any atom is -0.309 e. The first kappa shape index (κ1) is 33.0. The van der Waals surface area contributed by atoms with E-state index in [9.17, 15) is 0 Å². The van der Waals surface area contributed by atoms with Crippen molar-refractivity contribution in [3.8, 4) is 33.4 Å². The van der Waals surface area contributed by atoms with Gasteiger partial charge in [-0.1, -0.05) is 174 Å². The van der Waals surface area contributed by atoms with Crippen LogP contribution >= 0.6 is 0 Å². The summed E-state index contributed by atoms with van der Waals surface area (Å²) in [4.78, 5) is 2.63. The average Bonchev–Trinajstić information content (AvgIpc) is 3.87. The molecule has 1 unspecified atom stereocenters. The summed E-state index contributed by atoms with van der Waals surface area (Å²) in [5, 5.41) is 0. The number of fused-ring (bicyclic) bond motifs is 15. The molecular weight excluding hydrogens is 687 g/mol. The lowest BCUT2D eigenvalue weighted by atomic mass is 9.70. The molecule has 12 rings (SSSR count). The summed E-state index contributed by atoms with van der Waals surface area (Å²) in [5.74, 6) is 0.519. The summed E-state index contributed by atoms with van der Waals surface area (Å²) < 4.78 is 0. The zero-order valence-corrected chi connectivity index (χ0v) is 33.3. The molecule has 1 heteroatoms. The molecule has 0 amide bonds. The Morgan fingerprint density at radius 1 is 0.456 bits per heavy atom. The molecule has 0 aliphatic heterocycles. The first-order chi connectivity index (χ1) is 27.7. The Kier molecular flexibility index (Phi) is 6.50. The van der Waals surface area contributed by atoms with Crippen LogP contribution in [0.2, 0.25) is 0 Å². The number of hydrogen-bond acceptors (Lipinski definition) is 1. The summed E-state index contributed by atoms with van der Waals surface area (Å²) in [6.45, 7) is 12.1. The maximum atomic E-state index is 2.63. The highest BCUT2D eigenvalue weighted by Gasteiger charge is 2.52. The zero-order chi connectivity index (χ0) is 38.4. The van der Waals surface area contributed by atoms with Crippen molar-refractivity contribution < 1.29 is 0 Å². The van der Waals surface area contributed by atoms with Gasteiger partial charge in [0.15, 0.2) is 0 Å². The van der Waals surface area contributed by atoms with Crippen LogP contribution in [0.4, 0.5) is 17.1 Å². The molecular formula is C56H45N. The molecule has 0 saturated carbocycles. The van der Waals surface area contributed by atoms with E-state index in [0.29, 0.717) is 5.92 Å². The number of anilines is 3. The van der Waals surface area contributed by atoms with E-state index in [1.165, 1.54) is 101 Å². The number of allylic oxidation sites excluding steroid dienone is 4. The Balaban J connectivity index is 1.18. The van der Waals surface area contributed by atoms with E-state index in [1.807, 2.05) is 0 Å². The maximum Gasteiger partial charge on any atom is 0.0726 e. The molecule has 0 heterocycles. The highest BCUT2D eigenvalue weighted by atomic mass is 15.1. The molecule has 1 atom stereocenters. The average molecular weight is 732 g/mol. The van der Waals surface area contributed by atoms with Gasteiger partial charge in [-0.2, -0.15) is 0 Å². The summed E-state index contributed by atoms with van der Waals surface area (Å²) in [6, 6.07) is 58.1. The summed E-state index contributed by atoms with van der Waals surface area (Å²) in [7, 11) is 0. The van der Waals surface area contributed by atoms with Crippen LogP contribution < -0.4 is 4.90 Å². The van der Waals surface area contributed by atoms with Crippen LogP contribution in [0.5, 0.6) is 0 Å². The molecule has 5 aliphatic carbocycles. The Hall–Kier alpha value is -6.18. The largest absolute Gasteiger partial charge is 0.309 e. The molecule has 0 saturated heterocycles. The summed E-state index contributed by atoms with van der Waals surface area (Å²) in [6.07, 6.45) is 5.87. The van der Waals surface area contributed by atoms with Crippen LogP contribution in [0.25, 0.3) is 39.0 Å². The van der Waals surface area contributed by atoms with Crippen molar-refractivity contribution in [3.63, 3.8) is 0 Å². The maximum absolute atomic E-state index is 2.63. The molecule has 7 aromatic carbocycles. The van der Waals surface area contributed by atoms with E-state index in [4.69, 9.17) is 0 Å². The standard InChI is InChI=1S/C56H45N/c1-34-17-14-22-39-38-32-31-35(33-48(38)55(4,5)53(34)39)57(49-29-15-27-46-51(49)40-20-8-10-23-42(40)54(46,2)3)50-30-16-28-47-52(50)41-21-9-13-26-45(41)56(47)43-24-11-6-18-36(43)37-19-7-12-25-44(37)56/h6-16,18-34H,17H2,1-5H3. The van der Waals surface area contributed by atoms with Crippen molar-refractivity contribution in [1.29, 1.82) is 0 Å². The van der Waals surface area contributed by atoms with Crippen LogP contribution in [0.15, 0.2) is 169 Å². The number of benzene rings is 7. The first-order valence-electron chi connectivity index (χ1n) is 20.8. The minimum absolute atomic E-state index is 0.0731. The number of rotatable bonds is 3. The normalized spacial score (nSPS) is 18.6. The van der Waals surface area contributed by atoms with Crippen LogP contribution in [-0.2, 0) is 16.2 Å². The quantitative estimate of drug-likeness (QED) is 0.175. The molecule has 274 valence electrons. The third-order valence-electron chi connectivity index (χ3n) is 14.5. The molecule has 0 fully saturated rings. The van der Waals surface area contributed by atoms with Gasteiger partial charge in [-0.25, -0.2) is 0 Å². The van der Waals surface area contributed by atoms with Crippen LogP contribution in [0, 0.1) is 5.92 Å². The van der Waals surface area contributed by atoms with Crippen molar-refractivity contribution >= 4 is 22.6 Å². The molecule has 0 N–H and O–H groups in total. The number of nitrogens with zero attached hydrogens (tertiary/aromatic N) is 1. The highest BCUT2D eigenvalue weighted by Crippen LogP contribution is 2.65. The van der Waals surface area contributed by atoms with Gasteiger partial charge in [0, 0.05) is 27.6 Å². The third-order valence-corrected chi connectivity index (χ3v) is 14.5. The second kappa shape index (κ2) is 11.2. The molecule has 7 aromatic rings. The van der Waals surface area contributed by atoms with Gasteiger partial charge in [0.1, 0.15) is 0 Å². The lowest BCUT2D eigenvalue weighted by Crippen LogP contribution is -2.26. The van der Waals surface area contributed by atoms with Crippen molar-refractivity contribution in [1.82, 2.24) is 0 Å². The van der Waals surface area contributed by atoms with Crippen LogP contribution in [-0.4, -0.2) is 0 Å². The van der Waals surface area contributed by atoms with Gasteiger partial charge in [0.2, 0.25) is 0 Å². The number of hydrogen-bond donors (Lipinski definition) is 0. The predicted molar refractivity (Wildman–Crippen MR) is 238 cm³/mol. The van der Waals surface area contributed by atoms with Gasteiger partial charge >= 0.3 is 0 Å². The second-order valence-corrected chi connectivity index (χ2v) is 18.0. The lowest BCUT2D eigenvalue weighted by Gasteiger charge is -2.34. The molecule has 5 aliphatic rings. The summed E-state index contributed by atoms with van der Waals surface area (Å²) >= 11 is 0. The van der Waals surface area contributed by atoms with E-state index >= 15 is 0 Å². The predicted octanol–water partition coefficient (Wildman–Crippen LogP) is 14.4. The van der Waals surface area contributed by atoms with E-state index in [2.05, 4.69) is 203 Å². The third kappa shape index (κ3) is 4.00. The first-order valence-corrected chi connectivity index (χ1v) is 20.8. The fourth-order valence-corrected chi connectivity index (χ4v) is 12.3. The molecule has 0 aromatic heterocycles. The fourth-order valence-electron chi connectivity index (χ4n) is 12.3. The van der Waals surface area contributed by atoms with E-state index in [-0.39, 0.29) is 10.8 Å². The van der Waals surface area contributed by atoms with Gasteiger partial charge in [-0.05, 0) is 115 Å². The van der Waals surface area contributed by atoms with E-state index in [0.717, 1.165) is 6.42 Å². The summed E-state index contributed by atoms with van der Waals surface area (Å²) in [5.41, 5.74) is 25.0. The molecule has 1 spiro atoms. The van der Waals surface area contributed by atoms with Crippen molar-refractivity contribution in [3.05, 3.63) is 214 Å². The molecule has 1 nitrogen and oxygen atoms in total. The van der Waals surface area contributed by atoms with Gasteiger partial charge in [-0.3, -0.25) is 0 Å². The lowest BCUT2D eigenvalue weighted by molar-refractivity contribution is 0.530. The van der Waals surface area contributed by atoms with Crippen LogP contribution in [0.1, 0.15) is 85.5 Å². The molecule has 0 radical (unpaired) electrons. The minimum atomic E-state index is -0.417. The van der Waals surface area contributed by atoms with Gasteiger partial charge < -0.3 is 4.90 Å². The Bertz CT molecular complexity index is 2920. The zero-order valence-electron chi connectivity index (χ0n) is 33.3. The van der Waals surface area contributed by atoms with Gasteiger partial charge in [0.25, 0.3) is 0 Å². The fraction of sp³-hybridized carbons (Fsp3) is 0.179. The molecule has 57 heavy (non-hydrogen) atoms. The monoisotopic (exact) mass is 731 g/mol. The Morgan fingerprint density at radius 3 is 1.61 bits per heavy atom. The van der Waals surface area contributed by atoms with Crippen molar-refractivity contribution in [2.75, 3.05) is 4.90 Å². The van der Waals surface area contributed by atoms with E-state index < -0.39 is 5.41 Å². The second-order valence-electron chi connectivity index (χ2n) is 18.0. The highest BCUT2D eigenvalue weighted by molar-refractivity contribution is 6.04. The van der Waals surface area contributed by atoms with Crippen LogP contribution in [0.3, 0.4) is 0 Å². The van der Waals surface area contributed by atoms with Gasteiger partial charge in [-0.15, -0.1) is 0 Å². The Labute approximate surface area is 336 Å². The topological polar surface area (TPSA) is 3.24 Å².